The summed E-state index contributed by atoms with van der Waals surface area (Å²) in [5, 5.41) is 2.27. The molecular formula is C50H33N3. The Morgan fingerprint density at radius 1 is 0.264 bits per heavy atom. The van der Waals surface area contributed by atoms with Gasteiger partial charge in [-0.3, -0.25) is 0 Å². The van der Waals surface area contributed by atoms with Crippen LogP contribution in [0, 0.1) is 0 Å². The second kappa shape index (κ2) is 12.7. The van der Waals surface area contributed by atoms with Crippen LogP contribution in [-0.2, 0) is 5.41 Å². The molecule has 0 radical (unpaired) electrons. The number of hydrogen-bond acceptors (Lipinski definition) is 3. The summed E-state index contributed by atoms with van der Waals surface area (Å²) in [4.78, 5) is 15.3. The van der Waals surface area contributed by atoms with Gasteiger partial charge in [-0.1, -0.05) is 200 Å². The van der Waals surface area contributed by atoms with E-state index in [9.17, 15) is 0 Å². The second-order valence-electron chi connectivity index (χ2n) is 13.5. The molecule has 1 aromatic heterocycles. The van der Waals surface area contributed by atoms with Gasteiger partial charge in [-0.2, -0.15) is 0 Å². The molecule has 8 aromatic carbocycles. The predicted octanol–water partition coefficient (Wildman–Crippen LogP) is 12.1. The van der Waals surface area contributed by atoms with E-state index >= 15 is 0 Å². The molecule has 248 valence electrons. The SMILES string of the molecule is c1ccc(-c2nc(-c3ccccc3)nc(-c3cccc4c5c(ccc34)-c3cccc(-c4ccccc4)c3C5(c3ccccc3)c3ccccc3)n2)cc1. The lowest BCUT2D eigenvalue weighted by Gasteiger charge is -2.36. The standard InChI is InChI=1S/C50H33N3/c1-6-18-34(19-7-1)39-28-16-30-42-43-33-32-40-41(46(43)50(45(39)42,37-24-12-4-13-25-37)38-26-14-5-15-27-38)29-17-31-44(40)49-52-47(35-20-8-2-9-21-35)51-48(53-49)36-22-10-3-11-23-36/h1-33H. The van der Waals surface area contributed by atoms with Crippen LogP contribution in [0.25, 0.3) is 67.2 Å². The topological polar surface area (TPSA) is 38.7 Å². The molecule has 0 spiro atoms. The van der Waals surface area contributed by atoms with Gasteiger partial charge in [0.15, 0.2) is 17.5 Å². The number of benzene rings is 8. The fourth-order valence-electron chi connectivity index (χ4n) is 8.39. The average molecular weight is 676 g/mol. The molecule has 0 amide bonds. The molecule has 1 aliphatic carbocycles. The lowest BCUT2D eigenvalue weighted by molar-refractivity contribution is 0.777. The summed E-state index contributed by atoms with van der Waals surface area (Å²) in [5.74, 6) is 1.94. The third-order valence-corrected chi connectivity index (χ3v) is 10.6. The maximum atomic E-state index is 5.17. The van der Waals surface area contributed by atoms with E-state index in [4.69, 9.17) is 15.0 Å². The van der Waals surface area contributed by atoms with Gasteiger partial charge in [0.1, 0.15) is 0 Å². The molecule has 53 heavy (non-hydrogen) atoms. The van der Waals surface area contributed by atoms with Crippen molar-refractivity contribution in [2.75, 3.05) is 0 Å². The predicted molar refractivity (Wildman–Crippen MR) is 216 cm³/mol. The van der Waals surface area contributed by atoms with Gasteiger partial charge in [0.2, 0.25) is 0 Å². The van der Waals surface area contributed by atoms with Gasteiger partial charge < -0.3 is 0 Å². The number of aromatic nitrogens is 3. The molecule has 0 saturated heterocycles. The normalized spacial score (nSPS) is 12.7. The van der Waals surface area contributed by atoms with Crippen LogP contribution in [0.5, 0.6) is 0 Å². The Hall–Kier alpha value is -6.97. The summed E-state index contributed by atoms with van der Waals surface area (Å²) in [6.07, 6.45) is 0. The Morgan fingerprint density at radius 3 is 1.26 bits per heavy atom. The molecule has 3 heteroatoms. The molecule has 0 aliphatic heterocycles. The first kappa shape index (κ1) is 30.8. The Balaban J connectivity index is 1.31. The summed E-state index contributed by atoms with van der Waals surface area (Å²) < 4.78 is 0. The summed E-state index contributed by atoms with van der Waals surface area (Å²) in [6.45, 7) is 0. The van der Waals surface area contributed by atoms with Crippen molar-refractivity contribution < 1.29 is 0 Å². The van der Waals surface area contributed by atoms with Gasteiger partial charge in [-0.15, -0.1) is 0 Å². The maximum absolute atomic E-state index is 5.17. The minimum atomic E-state index is -0.610. The molecule has 9 aromatic rings. The van der Waals surface area contributed by atoms with Crippen LogP contribution in [0.3, 0.4) is 0 Å². The van der Waals surface area contributed by atoms with Crippen LogP contribution in [-0.4, -0.2) is 15.0 Å². The lowest BCUT2D eigenvalue weighted by atomic mass is 9.65. The zero-order chi connectivity index (χ0) is 35.2. The third-order valence-electron chi connectivity index (χ3n) is 10.6. The van der Waals surface area contributed by atoms with E-state index < -0.39 is 5.41 Å². The van der Waals surface area contributed by atoms with Crippen molar-refractivity contribution in [2.24, 2.45) is 0 Å². The van der Waals surface area contributed by atoms with E-state index in [0.717, 1.165) is 22.1 Å². The van der Waals surface area contributed by atoms with Gasteiger partial charge >= 0.3 is 0 Å². The minimum Gasteiger partial charge on any atom is -0.208 e. The highest BCUT2D eigenvalue weighted by Crippen LogP contribution is 2.60. The third kappa shape index (κ3) is 4.93. The summed E-state index contributed by atoms with van der Waals surface area (Å²) in [6, 6.07) is 71.2. The van der Waals surface area contributed by atoms with E-state index in [0.29, 0.717) is 17.5 Å². The number of nitrogens with zero attached hydrogens (tertiary/aromatic N) is 3. The zero-order valence-electron chi connectivity index (χ0n) is 28.9. The Bertz CT molecular complexity index is 2650. The molecule has 0 bridgehead atoms. The Kier molecular flexibility index (Phi) is 7.36. The molecule has 0 unspecified atom stereocenters. The lowest BCUT2D eigenvalue weighted by Crippen LogP contribution is -2.29. The van der Waals surface area contributed by atoms with Crippen LogP contribution >= 0.6 is 0 Å². The van der Waals surface area contributed by atoms with Gasteiger partial charge in [-0.25, -0.2) is 15.0 Å². The molecule has 0 saturated carbocycles. The van der Waals surface area contributed by atoms with Crippen molar-refractivity contribution in [1.29, 1.82) is 0 Å². The van der Waals surface area contributed by atoms with Crippen molar-refractivity contribution >= 4 is 10.8 Å². The molecule has 3 nitrogen and oxygen atoms in total. The van der Waals surface area contributed by atoms with E-state index in [1.54, 1.807) is 0 Å². The summed E-state index contributed by atoms with van der Waals surface area (Å²) >= 11 is 0. The first-order valence-electron chi connectivity index (χ1n) is 18.0. The summed E-state index contributed by atoms with van der Waals surface area (Å²) in [5.41, 5.74) is 12.2. The maximum Gasteiger partial charge on any atom is 0.164 e. The number of fused-ring (bicyclic) bond motifs is 5. The van der Waals surface area contributed by atoms with Crippen molar-refractivity contribution in [2.45, 2.75) is 5.41 Å². The highest BCUT2D eigenvalue weighted by Gasteiger charge is 2.48. The van der Waals surface area contributed by atoms with E-state index in [2.05, 4.69) is 164 Å². The van der Waals surface area contributed by atoms with Crippen LogP contribution in [0.2, 0.25) is 0 Å². The van der Waals surface area contributed by atoms with Gasteiger partial charge in [0.25, 0.3) is 0 Å². The second-order valence-corrected chi connectivity index (χ2v) is 13.5. The van der Waals surface area contributed by atoms with Crippen LogP contribution in [0.4, 0.5) is 0 Å². The van der Waals surface area contributed by atoms with E-state index in [1.165, 1.54) is 49.9 Å². The minimum absolute atomic E-state index is 0.610. The van der Waals surface area contributed by atoms with Gasteiger partial charge in [0, 0.05) is 16.7 Å². The first-order valence-corrected chi connectivity index (χ1v) is 18.0. The van der Waals surface area contributed by atoms with E-state index in [-0.39, 0.29) is 0 Å². The zero-order valence-corrected chi connectivity index (χ0v) is 28.9. The first-order chi connectivity index (χ1) is 26.3. The molecule has 1 heterocycles. The highest BCUT2D eigenvalue weighted by atomic mass is 15.0. The molecule has 0 atom stereocenters. The quantitative estimate of drug-likeness (QED) is 0.176. The fraction of sp³-hybridized carbons (Fsp3) is 0.0200. The Morgan fingerprint density at radius 2 is 0.698 bits per heavy atom. The van der Waals surface area contributed by atoms with Crippen molar-refractivity contribution in [3.8, 4) is 56.4 Å². The molecule has 1 aliphatic rings. The monoisotopic (exact) mass is 675 g/mol. The fourth-order valence-corrected chi connectivity index (χ4v) is 8.39. The van der Waals surface area contributed by atoms with Crippen LogP contribution in [0.1, 0.15) is 22.3 Å². The van der Waals surface area contributed by atoms with Gasteiger partial charge in [-0.05, 0) is 55.3 Å². The van der Waals surface area contributed by atoms with Crippen molar-refractivity contribution in [3.05, 3.63) is 222 Å². The highest BCUT2D eigenvalue weighted by molar-refractivity contribution is 6.06. The van der Waals surface area contributed by atoms with Crippen LogP contribution < -0.4 is 0 Å². The molecule has 0 fully saturated rings. The molecule has 10 rings (SSSR count). The number of hydrogen-bond donors (Lipinski definition) is 0. The largest absolute Gasteiger partial charge is 0.208 e. The Labute approximate surface area is 309 Å². The van der Waals surface area contributed by atoms with Gasteiger partial charge in [0.05, 0.1) is 5.41 Å². The van der Waals surface area contributed by atoms with Crippen LogP contribution in [0.15, 0.2) is 200 Å². The molecule has 0 N–H and O–H groups in total. The summed E-state index contributed by atoms with van der Waals surface area (Å²) in [7, 11) is 0. The average Bonchev–Trinajstić information content (AvgIpc) is 3.57. The smallest absolute Gasteiger partial charge is 0.164 e. The number of rotatable bonds is 6. The van der Waals surface area contributed by atoms with Crippen molar-refractivity contribution in [1.82, 2.24) is 15.0 Å². The molecular weight excluding hydrogens is 643 g/mol. The van der Waals surface area contributed by atoms with E-state index in [1.807, 2.05) is 36.4 Å². The van der Waals surface area contributed by atoms with Crippen molar-refractivity contribution in [3.63, 3.8) is 0 Å².